The minimum absolute atomic E-state index is 1.11. The molecule has 0 aliphatic heterocycles. The van der Waals surface area contributed by atoms with Crippen molar-refractivity contribution in [3.63, 3.8) is 0 Å². The van der Waals surface area contributed by atoms with Crippen LogP contribution in [0.15, 0.2) is 88.7 Å². The van der Waals surface area contributed by atoms with Crippen LogP contribution in [0.2, 0.25) is 0 Å². The molecule has 0 unspecified atom stereocenters. The van der Waals surface area contributed by atoms with Crippen molar-refractivity contribution in [2.45, 2.75) is 16.7 Å². The summed E-state index contributed by atoms with van der Waals surface area (Å²) in [6, 6.07) is 27.2. The molecule has 0 aliphatic carbocycles. The van der Waals surface area contributed by atoms with E-state index in [-0.39, 0.29) is 0 Å². The Balaban J connectivity index is 1.88. The van der Waals surface area contributed by atoms with Gasteiger partial charge in [-0.05, 0) is 42.8 Å². The highest BCUT2D eigenvalue weighted by molar-refractivity contribution is 7.99. The van der Waals surface area contributed by atoms with E-state index in [0.29, 0.717) is 0 Å². The fraction of sp³-hybridized carbons (Fsp3) is 0.0526. The van der Waals surface area contributed by atoms with Gasteiger partial charge in [-0.3, -0.25) is 0 Å². The standard InChI is InChI=1S/C19H17NS/c1-15-9-5-7-13-18(15)21-19-14-8-6-12-17(19)20-16-10-3-2-4-11-16/h2-14,20H,1H3. The van der Waals surface area contributed by atoms with Gasteiger partial charge in [-0.1, -0.05) is 60.3 Å². The number of hydrogen-bond donors (Lipinski definition) is 1. The van der Waals surface area contributed by atoms with E-state index in [2.05, 4.69) is 72.9 Å². The summed E-state index contributed by atoms with van der Waals surface area (Å²) in [6.07, 6.45) is 0. The number of aryl methyl sites for hydroxylation is 1. The summed E-state index contributed by atoms with van der Waals surface area (Å²) in [5, 5.41) is 3.49. The van der Waals surface area contributed by atoms with Crippen LogP contribution >= 0.6 is 11.8 Å². The number of rotatable bonds is 4. The molecule has 3 aromatic carbocycles. The summed E-state index contributed by atoms with van der Waals surface area (Å²) in [7, 11) is 0. The van der Waals surface area contributed by atoms with Crippen molar-refractivity contribution < 1.29 is 0 Å². The monoisotopic (exact) mass is 291 g/mol. The van der Waals surface area contributed by atoms with Crippen LogP contribution in [0.3, 0.4) is 0 Å². The van der Waals surface area contributed by atoms with Crippen molar-refractivity contribution >= 4 is 23.1 Å². The van der Waals surface area contributed by atoms with Gasteiger partial charge >= 0.3 is 0 Å². The fourth-order valence-electron chi connectivity index (χ4n) is 2.13. The molecule has 3 rings (SSSR count). The lowest BCUT2D eigenvalue weighted by molar-refractivity contribution is 1.29. The van der Waals surface area contributed by atoms with Gasteiger partial charge in [0, 0.05) is 15.5 Å². The van der Waals surface area contributed by atoms with E-state index in [4.69, 9.17) is 0 Å². The molecule has 0 amide bonds. The van der Waals surface area contributed by atoms with Gasteiger partial charge in [0.1, 0.15) is 0 Å². The first-order valence-electron chi connectivity index (χ1n) is 6.97. The van der Waals surface area contributed by atoms with Crippen molar-refractivity contribution in [2.75, 3.05) is 5.32 Å². The Morgan fingerprint density at radius 2 is 1.29 bits per heavy atom. The molecule has 1 nitrogen and oxygen atoms in total. The zero-order chi connectivity index (χ0) is 14.5. The summed E-state index contributed by atoms with van der Waals surface area (Å²) in [4.78, 5) is 2.52. The Morgan fingerprint density at radius 3 is 2.05 bits per heavy atom. The van der Waals surface area contributed by atoms with E-state index in [1.165, 1.54) is 15.4 Å². The number of anilines is 2. The second-order valence-electron chi connectivity index (χ2n) is 4.85. The van der Waals surface area contributed by atoms with Crippen molar-refractivity contribution in [3.8, 4) is 0 Å². The maximum atomic E-state index is 3.49. The smallest absolute Gasteiger partial charge is 0.0526 e. The molecule has 3 aromatic rings. The highest BCUT2D eigenvalue weighted by Gasteiger charge is 2.05. The van der Waals surface area contributed by atoms with Crippen LogP contribution in [-0.2, 0) is 0 Å². The SMILES string of the molecule is Cc1ccccc1Sc1ccccc1Nc1ccccc1. The maximum absolute atomic E-state index is 3.49. The summed E-state index contributed by atoms with van der Waals surface area (Å²) in [5.41, 5.74) is 3.55. The molecular weight excluding hydrogens is 274 g/mol. The topological polar surface area (TPSA) is 12.0 Å². The fourth-order valence-corrected chi connectivity index (χ4v) is 3.11. The largest absolute Gasteiger partial charge is 0.355 e. The predicted octanol–water partition coefficient (Wildman–Crippen LogP) is 5.89. The average Bonchev–Trinajstić information content (AvgIpc) is 2.52. The molecule has 104 valence electrons. The summed E-state index contributed by atoms with van der Waals surface area (Å²) >= 11 is 1.80. The molecule has 1 N–H and O–H groups in total. The first kappa shape index (κ1) is 13.8. The number of nitrogens with one attached hydrogen (secondary N) is 1. The third kappa shape index (κ3) is 3.47. The molecule has 0 atom stereocenters. The lowest BCUT2D eigenvalue weighted by Crippen LogP contribution is -1.92. The molecule has 0 radical (unpaired) electrons. The van der Waals surface area contributed by atoms with Crippen LogP contribution in [0.4, 0.5) is 11.4 Å². The van der Waals surface area contributed by atoms with Crippen LogP contribution < -0.4 is 5.32 Å². The Morgan fingerprint density at radius 1 is 0.667 bits per heavy atom. The van der Waals surface area contributed by atoms with Crippen molar-refractivity contribution in [1.29, 1.82) is 0 Å². The molecule has 0 bridgehead atoms. The number of hydrogen-bond acceptors (Lipinski definition) is 2. The zero-order valence-electron chi connectivity index (χ0n) is 11.9. The van der Waals surface area contributed by atoms with E-state index in [9.17, 15) is 0 Å². The predicted molar refractivity (Wildman–Crippen MR) is 91.5 cm³/mol. The van der Waals surface area contributed by atoms with Gasteiger partial charge in [0.25, 0.3) is 0 Å². The summed E-state index contributed by atoms with van der Waals surface area (Å²) in [6.45, 7) is 2.15. The second kappa shape index (κ2) is 6.51. The summed E-state index contributed by atoms with van der Waals surface area (Å²) in [5.74, 6) is 0. The van der Waals surface area contributed by atoms with Gasteiger partial charge in [-0.2, -0.15) is 0 Å². The molecule has 0 aromatic heterocycles. The highest BCUT2D eigenvalue weighted by atomic mass is 32.2. The van der Waals surface area contributed by atoms with Crippen LogP contribution in [0.1, 0.15) is 5.56 Å². The Hall–Kier alpha value is -2.19. The van der Waals surface area contributed by atoms with Crippen LogP contribution in [-0.4, -0.2) is 0 Å². The van der Waals surface area contributed by atoms with Crippen LogP contribution in [0.5, 0.6) is 0 Å². The molecule has 21 heavy (non-hydrogen) atoms. The minimum Gasteiger partial charge on any atom is -0.355 e. The Bertz CT molecular complexity index is 722. The zero-order valence-corrected chi connectivity index (χ0v) is 12.7. The van der Waals surface area contributed by atoms with Crippen molar-refractivity contribution in [2.24, 2.45) is 0 Å². The van der Waals surface area contributed by atoms with Gasteiger partial charge < -0.3 is 5.32 Å². The van der Waals surface area contributed by atoms with Crippen LogP contribution in [0, 0.1) is 6.92 Å². The quantitative estimate of drug-likeness (QED) is 0.643. The van der Waals surface area contributed by atoms with Crippen LogP contribution in [0.25, 0.3) is 0 Å². The van der Waals surface area contributed by atoms with Gasteiger partial charge in [-0.15, -0.1) is 0 Å². The Labute approximate surface area is 130 Å². The van der Waals surface area contributed by atoms with E-state index in [1.807, 2.05) is 18.2 Å². The number of para-hydroxylation sites is 2. The van der Waals surface area contributed by atoms with Gasteiger partial charge in [0.15, 0.2) is 0 Å². The minimum atomic E-state index is 1.11. The molecular formula is C19H17NS. The molecule has 0 saturated heterocycles. The van der Waals surface area contributed by atoms with Crippen molar-refractivity contribution in [1.82, 2.24) is 0 Å². The maximum Gasteiger partial charge on any atom is 0.0526 e. The first-order valence-corrected chi connectivity index (χ1v) is 7.79. The lowest BCUT2D eigenvalue weighted by Gasteiger charge is -2.12. The van der Waals surface area contributed by atoms with E-state index in [0.717, 1.165) is 11.4 Å². The van der Waals surface area contributed by atoms with E-state index >= 15 is 0 Å². The summed E-state index contributed by atoms with van der Waals surface area (Å²) < 4.78 is 0. The normalized spacial score (nSPS) is 10.3. The van der Waals surface area contributed by atoms with Gasteiger partial charge in [-0.25, -0.2) is 0 Å². The molecule has 0 spiro atoms. The molecule has 2 heteroatoms. The second-order valence-corrected chi connectivity index (χ2v) is 5.94. The third-order valence-corrected chi connectivity index (χ3v) is 4.51. The lowest BCUT2D eigenvalue weighted by atomic mass is 10.2. The van der Waals surface area contributed by atoms with Crippen molar-refractivity contribution in [3.05, 3.63) is 84.4 Å². The highest BCUT2D eigenvalue weighted by Crippen LogP contribution is 2.36. The van der Waals surface area contributed by atoms with E-state index in [1.54, 1.807) is 11.8 Å². The molecule has 0 aliphatic rings. The third-order valence-electron chi connectivity index (χ3n) is 3.25. The molecule has 0 fully saturated rings. The molecule has 0 saturated carbocycles. The molecule has 0 heterocycles. The van der Waals surface area contributed by atoms with Gasteiger partial charge in [0.2, 0.25) is 0 Å². The van der Waals surface area contributed by atoms with E-state index < -0.39 is 0 Å². The Kier molecular flexibility index (Phi) is 4.27. The van der Waals surface area contributed by atoms with Gasteiger partial charge in [0.05, 0.1) is 5.69 Å². The average molecular weight is 291 g/mol. The number of benzene rings is 3. The first-order chi connectivity index (χ1) is 10.3.